The Morgan fingerprint density at radius 2 is 1.29 bits per heavy atom. The SMILES string of the molecule is C/C(=C/C[C@H](O[Si](C)(C)C(C)(C)C)/C(C)=C/c1csc(C)n1)CCC[C@H](C)[C@H](O[Si](C)(C)C(C)(C)C)[C@@H](C)C(=O)C(C)(C)[C@H](CC=O)O[Si](C)(C)C(C)(C)C. The number of ketones is 1. The van der Waals surface area contributed by atoms with Crippen molar-refractivity contribution in [1.82, 2.24) is 4.98 Å². The predicted octanol–water partition coefficient (Wildman–Crippen LogP) is 14.0. The molecule has 0 aliphatic heterocycles. The molecule has 6 nitrogen and oxygen atoms in total. The van der Waals surface area contributed by atoms with Gasteiger partial charge in [0.1, 0.15) is 12.1 Å². The zero-order chi connectivity index (χ0) is 43.2. The van der Waals surface area contributed by atoms with Crippen molar-refractivity contribution in [2.75, 3.05) is 0 Å². The molecule has 0 radical (unpaired) electrons. The molecule has 0 aliphatic rings. The van der Waals surface area contributed by atoms with E-state index in [2.05, 4.69) is 147 Å². The van der Waals surface area contributed by atoms with Gasteiger partial charge in [-0.05, 0) is 118 Å². The van der Waals surface area contributed by atoms with Crippen LogP contribution in [0.5, 0.6) is 0 Å². The maximum absolute atomic E-state index is 14.7. The molecule has 10 heteroatoms. The maximum Gasteiger partial charge on any atom is 0.192 e. The van der Waals surface area contributed by atoms with Gasteiger partial charge in [-0.2, -0.15) is 0 Å². The fourth-order valence-electron chi connectivity index (χ4n) is 6.14. The average Bonchev–Trinajstić information content (AvgIpc) is 3.42. The molecule has 0 saturated carbocycles. The second-order valence-corrected chi connectivity index (χ2v) is 37.0. The van der Waals surface area contributed by atoms with Crippen molar-refractivity contribution in [1.29, 1.82) is 0 Å². The summed E-state index contributed by atoms with van der Waals surface area (Å²) < 4.78 is 21.1. The summed E-state index contributed by atoms with van der Waals surface area (Å²) in [4.78, 5) is 31.4. The van der Waals surface area contributed by atoms with Crippen molar-refractivity contribution in [3.63, 3.8) is 0 Å². The smallest absolute Gasteiger partial charge is 0.192 e. The number of nitrogens with zero attached hydrogens (tertiary/aromatic N) is 1. The van der Waals surface area contributed by atoms with Gasteiger partial charge in [-0.15, -0.1) is 11.3 Å². The quantitative estimate of drug-likeness (QED) is 0.0697. The van der Waals surface area contributed by atoms with E-state index in [9.17, 15) is 9.59 Å². The highest BCUT2D eigenvalue weighted by atomic mass is 32.1. The van der Waals surface area contributed by atoms with Crippen LogP contribution in [0.1, 0.15) is 147 Å². The van der Waals surface area contributed by atoms with Crippen LogP contribution in [0.4, 0.5) is 0 Å². The molecular weight excluding hydrogens is 751 g/mol. The molecule has 55 heavy (non-hydrogen) atoms. The van der Waals surface area contributed by atoms with Gasteiger partial charge in [-0.1, -0.05) is 102 Å². The van der Waals surface area contributed by atoms with Crippen molar-refractivity contribution in [3.8, 4) is 0 Å². The zero-order valence-corrected chi connectivity index (χ0v) is 43.4. The summed E-state index contributed by atoms with van der Waals surface area (Å²) in [5, 5.41) is 3.27. The second-order valence-electron chi connectivity index (χ2n) is 21.7. The lowest BCUT2D eigenvalue weighted by molar-refractivity contribution is -0.141. The summed E-state index contributed by atoms with van der Waals surface area (Å²) in [5.74, 6) is -0.0601. The van der Waals surface area contributed by atoms with E-state index in [-0.39, 0.29) is 51.4 Å². The number of hydrogen-bond donors (Lipinski definition) is 0. The van der Waals surface area contributed by atoms with E-state index >= 15 is 0 Å². The highest BCUT2D eigenvalue weighted by Crippen LogP contribution is 2.44. The van der Waals surface area contributed by atoms with Crippen molar-refractivity contribution in [2.45, 2.75) is 216 Å². The Bertz CT molecular complexity index is 1460. The molecular formula is C45H85NO5SSi3. The monoisotopic (exact) mass is 836 g/mol. The minimum Gasteiger partial charge on any atom is -0.413 e. The topological polar surface area (TPSA) is 74.7 Å². The van der Waals surface area contributed by atoms with Gasteiger partial charge in [0.2, 0.25) is 0 Å². The Kier molecular flexibility index (Phi) is 18.7. The number of Topliss-reactive ketones (excluding diaryl/α,β-unsaturated/α-hetero) is 1. The lowest BCUT2D eigenvalue weighted by Crippen LogP contribution is -2.54. The Morgan fingerprint density at radius 1 is 0.800 bits per heavy atom. The molecule has 0 unspecified atom stereocenters. The molecule has 0 spiro atoms. The average molecular weight is 837 g/mol. The minimum absolute atomic E-state index is 0.00184. The van der Waals surface area contributed by atoms with E-state index in [1.54, 1.807) is 11.3 Å². The standard InChI is InChI=1S/C45H85NO5SSi3/c1-32(26-27-38(49-53(17,18)42(6,7)8)34(3)30-37-31-52-36(5)46-37)24-23-25-33(2)40(51-55(21,22)44(12,13)14)35(4)41(48)45(15,16)39(28-29-47)50-54(19,20)43(9,10)11/h26,29-31,33,35,38-40H,23-25,27-28H2,1-22H3/b32-26-,34-30+/t33-,35+,38-,39-,40-/m0/s1. The van der Waals surface area contributed by atoms with E-state index < -0.39 is 36.5 Å². The van der Waals surface area contributed by atoms with Gasteiger partial charge in [0.25, 0.3) is 0 Å². The van der Waals surface area contributed by atoms with E-state index in [1.165, 1.54) is 11.1 Å². The molecule has 0 fully saturated rings. The van der Waals surface area contributed by atoms with Crippen LogP contribution in [0, 0.1) is 24.2 Å². The first-order valence-corrected chi connectivity index (χ1v) is 30.5. The number of aryl methyl sites for hydroxylation is 1. The molecule has 318 valence electrons. The molecule has 0 saturated heterocycles. The fourth-order valence-corrected chi connectivity index (χ4v) is 11.0. The van der Waals surface area contributed by atoms with Crippen molar-refractivity contribution >= 4 is 54.4 Å². The third kappa shape index (κ3) is 14.9. The number of carbonyl (C=O) groups excluding carboxylic acids is 2. The fraction of sp³-hybridized carbons (Fsp3) is 0.800. The Labute approximate surface area is 346 Å². The van der Waals surface area contributed by atoms with Crippen LogP contribution >= 0.6 is 11.3 Å². The Morgan fingerprint density at radius 3 is 1.75 bits per heavy atom. The van der Waals surface area contributed by atoms with Crippen LogP contribution in [0.2, 0.25) is 54.4 Å². The molecule has 0 N–H and O–H groups in total. The first-order valence-electron chi connectivity index (χ1n) is 20.9. The first kappa shape index (κ1) is 52.0. The molecule has 0 aliphatic carbocycles. The third-order valence-corrected chi connectivity index (χ3v) is 27.6. The summed E-state index contributed by atoms with van der Waals surface area (Å²) in [6, 6.07) is 0. The van der Waals surface area contributed by atoms with Gasteiger partial charge in [-0.3, -0.25) is 4.79 Å². The van der Waals surface area contributed by atoms with Crippen LogP contribution in [-0.2, 0) is 22.9 Å². The van der Waals surface area contributed by atoms with E-state index in [4.69, 9.17) is 18.3 Å². The predicted molar refractivity (Wildman–Crippen MR) is 247 cm³/mol. The molecule has 1 heterocycles. The molecule has 5 atom stereocenters. The summed E-state index contributed by atoms with van der Waals surface area (Å²) in [5.41, 5.74) is 2.73. The summed E-state index contributed by atoms with van der Waals surface area (Å²) in [7, 11) is -6.49. The summed E-state index contributed by atoms with van der Waals surface area (Å²) >= 11 is 1.68. The molecule has 0 aromatic carbocycles. The first-order chi connectivity index (χ1) is 24.6. The number of rotatable bonds is 21. The molecule has 1 rings (SSSR count). The Hall–Kier alpha value is -1.02. The third-order valence-electron chi connectivity index (χ3n) is 13.4. The summed E-state index contributed by atoms with van der Waals surface area (Å²) in [6.07, 6.45) is 8.74. The van der Waals surface area contributed by atoms with Gasteiger partial charge < -0.3 is 18.1 Å². The number of carbonyl (C=O) groups is 2. The van der Waals surface area contributed by atoms with Crippen molar-refractivity contribution < 1.29 is 22.9 Å². The normalized spacial score (nSPS) is 17.5. The van der Waals surface area contributed by atoms with Crippen molar-refractivity contribution in [3.05, 3.63) is 33.3 Å². The van der Waals surface area contributed by atoms with Gasteiger partial charge in [-0.25, -0.2) is 4.98 Å². The second kappa shape index (κ2) is 19.8. The zero-order valence-electron chi connectivity index (χ0n) is 39.6. The molecule has 1 aromatic rings. The van der Waals surface area contributed by atoms with Crippen LogP contribution in [-0.4, -0.2) is 60.3 Å². The van der Waals surface area contributed by atoms with Crippen LogP contribution in [0.3, 0.4) is 0 Å². The van der Waals surface area contributed by atoms with Crippen LogP contribution < -0.4 is 0 Å². The number of hydrogen-bond acceptors (Lipinski definition) is 7. The van der Waals surface area contributed by atoms with Crippen LogP contribution in [0.15, 0.2) is 22.6 Å². The van der Waals surface area contributed by atoms with E-state index in [1.807, 2.05) is 20.8 Å². The molecule has 0 amide bonds. The highest BCUT2D eigenvalue weighted by Gasteiger charge is 2.49. The van der Waals surface area contributed by atoms with Gasteiger partial charge in [0.05, 0.1) is 29.0 Å². The molecule has 1 aromatic heterocycles. The van der Waals surface area contributed by atoms with Gasteiger partial charge in [0.15, 0.2) is 25.0 Å². The number of aldehydes is 1. The van der Waals surface area contributed by atoms with Crippen molar-refractivity contribution in [2.24, 2.45) is 17.3 Å². The highest BCUT2D eigenvalue weighted by molar-refractivity contribution is 7.09. The van der Waals surface area contributed by atoms with E-state index in [0.717, 1.165) is 42.7 Å². The lowest BCUT2D eigenvalue weighted by atomic mass is 9.73. The lowest BCUT2D eigenvalue weighted by Gasteiger charge is -2.46. The van der Waals surface area contributed by atoms with Crippen LogP contribution in [0.25, 0.3) is 6.08 Å². The van der Waals surface area contributed by atoms with E-state index in [0.29, 0.717) is 0 Å². The number of thiazole rings is 1. The van der Waals surface area contributed by atoms with Gasteiger partial charge in [0, 0.05) is 23.1 Å². The maximum atomic E-state index is 14.7. The Balaban J connectivity index is 3.33. The molecule has 0 bridgehead atoms. The largest absolute Gasteiger partial charge is 0.413 e. The summed E-state index contributed by atoms with van der Waals surface area (Å²) in [6.45, 7) is 48.6. The number of allylic oxidation sites excluding steroid dienone is 1. The number of aromatic nitrogens is 1. The minimum atomic E-state index is -2.25. The van der Waals surface area contributed by atoms with Gasteiger partial charge >= 0.3 is 0 Å².